The van der Waals surface area contributed by atoms with Crippen molar-refractivity contribution in [2.24, 2.45) is 5.73 Å². The summed E-state index contributed by atoms with van der Waals surface area (Å²) in [5, 5.41) is 0. The highest BCUT2D eigenvalue weighted by Gasteiger charge is 2.11. The molecule has 0 aliphatic carbocycles. The Morgan fingerprint density at radius 1 is 1.24 bits per heavy atom. The second-order valence-corrected chi connectivity index (χ2v) is 5.28. The molecule has 0 aromatic heterocycles. The molecule has 90 valence electrons. The van der Waals surface area contributed by atoms with Gasteiger partial charge in [-0.05, 0) is 11.6 Å². The van der Waals surface area contributed by atoms with Gasteiger partial charge in [0.25, 0.3) is 0 Å². The third-order valence-electron chi connectivity index (χ3n) is 2.84. The molecule has 0 spiro atoms. The van der Waals surface area contributed by atoms with E-state index in [0.717, 1.165) is 12.1 Å². The van der Waals surface area contributed by atoms with Crippen LogP contribution in [0.3, 0.4) is 0 Å². The molecule has 1 heterocycles. The van der Waals surface area contributed by atoms with Gasteiger partial charge in [-0.15, -0.1) is 0 Å². The van der Waals surface area contributed by atoms with Crippen molar-refractivity contribution in [3.8, 4) is 11.8 Å². The number of nitrogens with zero attached hydrogens (tertiary/aromatic N) is 1. The number of hydrogen-bond donors (Lipinski definition) is 1. The van der Waals surface area contributed by atoms with Crippen LogP contribution in [0.2, 0.25) is 0 Å². The lowest BCUT2D eigenvalue weighted by atomic mass is 10.1. The maximum Gasteiger partial charge on any atom is 0.0555 e. The molecular weight excluding hydrogens is 228 g/mol. The minimum atomic E-state index is 0.425. The third-order valence-corrected chi connectivity index (χ3v) is 3.78. The topological polar surface area (TPSA) is 29.3 Å². The van der Waals surface area contributed by atoms with E-state index in [1.807, 2.05) is 17.8 Å². The molecule has 2 rings (SSSR count). The monoisotopic (exact) mass is 246 g/mol. The van der Waals surface area contributed by atoms with Crippen LogP contribution < -0.4 is 5.73 Å². The Balaban J connectivity index is 2.08. The van der Waals surface area contributed by atoms with Gasteiger partial charge in [0.05, 0.1) is 6.54 Å². The Morgan fingerprint density at radius 2 is 2.00 bits per heavy atom. The van der Waals surface area contributed by atoms with Crippen molar-refractivity contribution in [2.75, 3.05) is 31.1 Å². The van der Waals surface area contributed by atoms with E-state index in [-0.39, 0.29) is 0 Å². The minimum absolute atomic E-state index is 0.425. The summed E-state index contributed by atoms with van der Waals surface area (Å²) in [5.74, 6) is 8.59. The standard InChI is InChI=1S/C14H18N2S/c15-7-3-6-13-4-1-2-5-14(13)12-16-8-10-17-11-9-16/h1-2,4-5H,7-12,15H2. The third kappa shape index (κ3) is 3.78. The van der Waals surface area contributed by atoms with E-state index in [4.69, 9.17) is 5.73 Å². The summed E-state index contributed by atoms with van der Waals surface area (Å²) in [4.78, 5) is 2.50. The molecule has 1 aromatic carbocycles. The fourth-order valence-corrected chi connectivity index (χ4v) is 2.91. The molecule has 0 radical (unpaired) electrons. The first kappa shape index (κ1) is 12.5. The van der Waals surface area contributed by atoms with E-state index in [2.05, 4.69) is 34.9 Å². The van der Waals surface area contributed by atoms with Crippen LogP contribution in [0, 0.1) is 11.8 Å². The quantitative estimate of drug-likeness (QED) is 0.803. The van der Waals surface area contributed by atoms with E-state index in [1.165, 1.54) is 30.2 Å². The van der Waals surface area contributed by atoms with E-state index in [9.17, 15) is 0 Å². The molecule has 1 aliphatic rings. The van der Waals surface area contributed by atoms with Gasteiger partial charge in [0.15, 0.2) is 0 Å². The van der Waals surface area contributed by atoms with Crippen LogP contribution in [0.5, 0.6) is 0 Å². The summed E-state index contributed by atoms with van der Waals surface area (Å²) in [7, 11) is 0. The molecule has 1 aromatic rings. The van der Waals surface area contributed by atoms with E-state index in [0.29, 0.717) is 6.54 Å². The van der Waals surface area contributed by atoms with Gasteiger partial charge in [-0.3, -0.25) is 4.90 Å². The first-order valence-corrected chi connectivity index (χ1v) is 7.12. The normalized spacial score (nSPS) is 16.3. The van der Waals surface area contributed by atoms with E-state index >= 15 is 0 Å². The molecule has 0 amide bonds. The van der Waals surface area contributed by atoms with Crippen LogP contribution in [-0.2, 0) is 6.54 Å². The number of hydrogen-bond acceptors (Lipinski definition) is 3. The van der Waals surface area contributed by atoms with Gasteiger partial charge in [-0.2, -0.15) is 11.8 Å². The summed E-state index contributed by atoms with van der Waals surface area (Å²) in [5.41, 5.74) is 7.87. The Bertz CT molecular complexity index is 414. The van der Waals surface area contributed by atoms with Crippen molar-refractivity contribution in [3.63, 3.8) is 0 Å². The van der Waals surface area contributed by atoms with Crippen LogP contribution in [0.1, 0.15) is 11.1 Å². The van der Waals surface area contributed by atoms with Crippen molar-refractivity contribution in [3.05, 3.63) is 35.4 Å². The Morgan fingerprint density at radius 3 is 2.76 bits per heavy atom. The van der Waals surface area contributed by atoms with Gasteiger partial charge < -0.3 is 5.73 Å². The average molecular weight is 246 g/mol. The SMILES string of the molecule is NCC#Cc1ccccc1CN1CCSCC1. The highest BCUT2D eigenvalue weighted by molar-refractivity contribution is 7.99. The van der Waals surface area contributed by atoms with Crippen LogP contribution >= 0.6 is 11.8 Å². The van der Waals surface area contributed by atoms with Crippen LogP contribution in [0.15, 0.2) is 24.3 Å². The summed E-state index contributed by atoms with van der Waals surface area (Å²) in [6.45, 7) is 3.80. The first-order chi connectivity index (χ1) is 8.40. The molecule has 1 fully saturated rings. The summed E-state index contributed by atoms with van der Waals surface area (Å²) in [6, 6.07) is 8.37. The zero-order valence-corrected chi connectivity index (χ0v) is 10.8. The van der Waals surface area contributed by atoms with Gasteiger partial charge >= 0.3 is 0 Å². The molecule has 2 N–H and O–H groups in total. The lowest BCUT2D eigenvalue weighted by Gasteiger charge is -2.26. The van der Waals surface area contributed by atoms with E-state index < -0.39 is 0 Å². The minimum Gasteiger partial charge on any atom is -0.320 e. The highest BCUT2D eigenvalue weighted by atomic mass is 32.2. The lowest BCUT2D eigenvalue weighted by Crippen LogP contribution is -2.32. The smallest absolute Gasteiger partial charge is 0.0555 e. The van der Waals surface area contributed by atoms with Crippen molar-refractivity contribution in [1.29, 1.82) is 0 Å². The average Bonchev–Trinajstić information content (AvgIpc) is 2.39. The first-order valence-electron chi connectivity index (χ1n) is 5.97. The molecule has 0 bridgehead atoms. The number of benzene rings is 1. The van der Waals surface area contributed by atoms with E-state index in [1.54, 1.807) is 0 Å². The largest absolute Gasteiger partial charge is 0.320 e. The Hall–Kier alpha value is -0.950. The van der Waals surface area contributed by atoms with Crippen molar-refractivity contribution < 1.29 is 0 Å². The molecule has 2 nitrogen and oxygen atoms in total. The van der Waals surface area contributed by atoms with Gasteiger partial charge in [0.1, 0.15) is 0 Å². The fourth-order valence-electron chi connectivity index (χ4n) is 1.93. The van der Waals surface area contributed by atoms with Gasteiger partial charge in [0.2, 0.25) is 0 Å². The number of thioether (sulfide) groups is 1. The van der Waals surface area contributed by atoms with Gasteiger partial charge in [-0.25, -0.2) is 0 Å². The maximum absolute atomic E-state index is 5.42. The highest BCUT2D eigenvalue weighted by Crippen LogP contribution is 2.15. The summed E-state index contributed by atoms with van der Waals surface area (Å²) >= 11 is 2.04. The van der Waals surface area contributed by atoms with Crippen molar-refractivity contribution in [1.82, 2.24) is 4.90 Å². The van der Waals surface area contributed by atoms with Crippen molar-refractivity contribution in [2.45, 2.75) is 6.54 Å². The molecule has 17 heavy (non-hydrogen) atoms. The van der Waals surface area contributed by atoms with Crippen LogP contribution in [0.4, 0.5) is 0 Å². The number of rotatable bonds is 2. The second kappa shape index (κ2) is 6.70. The maximum atomic E-state index is 5.42. The molecule has 0 saturated carbocycles. The Labute approximate surface area is 108 Å². The van der Waals surface area contributed by atoms with Gasteiger partial charge in [-0.1, -0.05) is 30.0 Å². The lowest BCUT2D eigenvalue weighted by molar-refractivity contribution is 0.294. The zero-order chi connectivity index (χ0) is 11.9. The van der Waals surface area contributed by atoms with Gasteiger partial charge in [0, 0.05) is 36.7 Å². The summed E-state index contributed by atoms with van der Waals surface area (Å²) in [6.07, 6.45) is 0. The van der Waals surface area contributed by atoms with Crippen LogP contribution in [0.25, 0.3) is 0 Å². The molecule has 1 saturated heterocycles. The molecular formula is C14H18N2S. The van der Waals surface area contributed by atoms with Crippen molar-refractivity contribution >= 4 is 11.8 Å². The zero-order valence-electron chi connectivity index (χ0n) is 9.98. The Kier molecular flexibility index (Phi) is 4.93. The molecule has 0 atom stereocenters. The molecule has 3 heteroatoms. The number of nitrogens with two attached hydrogens (primary N) is 1. The predicted molar refractivity (Wildman–Crippen MR) is 75.0 cm³/mol. The summed E-state index contributed by atoms with van der Waals surface area (Å²) < 4.78 is 0. The second-order valence-electron chi connectivity index (χ2n) is 4.05. The van der Waals surface area contributed by atoms with Crippen LogP contribution in [-0.4, -0.2) is 36.0 Å². The molecule has 0 unspecified atom stereocenters. The molecule has 1 aliphatic heterocycles. The fraction of sp³-hybridized carbons (Fsp3) is 0.429. The predicted octanol–water partition coefficient (Wildman–Crippen LogP) is 1.55.